The Kier molecular flexibility index (Phi) is 1.54. The van der Waals surface area contributed by atoms with Gasteiger partial charge in [0.05, 0.1) is 5.69 Å². The van der Waals surface area contributed by atoms with E-state index in [1.54, 1.807) is 6.07 Å². The van der Waals surface area contributed by atoms with E-state index < -0.39 is 0 Å². The Bertz CT molecular complexity index is 366. The molecular weight excluding hydrogens is 150 g/mol. The molecule has 60 valence electrons. The van der Waals surface area contributed by atoms with Crippen LogP contribution in [-0.4, -0.2) is 10.8 Å². The third kappa shape index (κ3) is 1.05. The van der Waals surface area contributed by atoms with E-state index in [9.17, 15) is 4.79 Å². The molecule has 0 aliphatic heterocycles. The summed E-state index contributed by atoms with van der Waals surface area (Å²) in [4.78, 5) is 15.2. The summed E-state index contributed by atoms with van der Waals surface area (Å²) in [6, 6.07) is 3.76. The number of ketones is 1. The maximum absolute atomic E-state index is 11.0. The molecule has 1 aliphatic rings. The first-order valence-electron chi connectivity index (χ1n) is 3.95. The van der Waals surface area contributed by atoms with Crippen LogP contribution >= 0.6 is 0 Å². The average Bonchev–Trinajstić information content (AvgIpc) is 2.49. The van der Waals surface area contributed by atoms with Crippen molar-refractivity contribution >= 4 is 11.9 Å². The summed E-state index contributed by atoms with van der Waals surface area (Å²) in [5.74, 6) is 0.0260. The van der Waals surface area contributed by atoms with E-state index in [1.807, 2.05) is 12.1 Å². The van der Waals surface area contributed by atoms with Crippen molar-refractivity contribution in [3.05, 3.63) is 35.2 Å². The maximum atomic E-state index is 11.0. The Morgan fingerprint density at radius 1 is 1.50 bits per heavy atom. The minimum atomic E-state index is 0.0260. The van der Waals surface area contributed by atoms with Gasteiger partial charge < -0.3 is 0 Å². The number of rotatable bonds is 1. The summed E-state index contributed by atoms with van der Waals surface area (Å²) < 4.78 is 0. The van der Waals surface area contributed by atoms with E-state index in [-0.39, 0.29) is 5.78 Å². The van der Waals surface area contributed by atoms with Crippen molar-refractivity contribution in [2.75, 3.05) is 0 Å². The van der Waals surface area contributed by atoms with Crippen molar-refractivity contribution in [2.24, 2.45) is 0 Å². The van der Waals surface area contributed by atoms with Crippen LogP contribution in [0.25, 0.3) is 6.08 Å². The van der Waals surface area contributed by atoms with Crippen LogP contribution < -0.4 is 0 Å². The van der Waals surface area contributed by atoms with Crippen LogP contribution in [0.2, 0.25) is 0 Å². The normalized spacial score (nSPS) is 13.1. The SMILES string of the molecule is CC(=O)c1ccc2c(n1)C=CC2. The Morgan fingerprint density at radius 3 is 3.08 bits per heavy atom. The molecule has 1 aromatic heterocycles. The number of hydrogen-bond acceptors (Lipinski definition) is 2. The van der Waals surface area contributed by atoms with Crippen LogP contribution in [0.4, 0.5) is 0 Å². The van der Waals surface area contributed by atoms with Gasteiger partial charge in [0.1, 0.15) is 5.69 Å². The predicted octanol–water partition coefficient (Wildman–Crippen LogP) is 1.85. The second kappa shape index (κ2) is 2.55. The zero-order valence-electron chi connectivity index (χ0n) is 6.87. The first-order valence-corrected chi connectivity index (χ1v) is 3.95. The van der Waals surface area contributed by atoms with Gasteiger partial charge in [-0.2, -0.15) is 0 Å². The molecule has 1 aliphatic carbocycles. The van der Waals surface area contributed by atoms with E-state index in [1.165, 1.54) is 12.5 Å². The Balaban J connectivity index is 2.51. The van der Waals surface area contributed by atoms with Crippen LogP contribution in [0.3, 0.4) is 0 Å². The van der Waals surface area contributed by atoms with Gasteiger partial charge in [-0.25, -0.2) is 4.98 Å². The summed E-state index contributed by atoms with van der Waals surface area (Å²) >= 11 is 0. The van der Waals surface area contributed by atoms with Crippen LogP contribution in [0.5, 0.6) is 0 Å². The number of fused-ring (bicyclic) bond motifs is 1. The van der Waals surface area contributed by atoms with Crippen LogP contribution in [0.1, 0.15) is 28.7 Å². The second-order valence-electron chi connectivity index (χ2n) is 2.90. The number of aromatic nitrogens is 1. The summed E-state index contributed by atoms with van der Waals surface area (Å²) in [5.41, 5.74) is 2.71. The molecule has 1 heterocycles. The minimum absolute atomic E-state index is 0.0260. The van der Waals surface area contributed by atoms with Gasteiger partial charge in [0.15, 0.2) is 5.78 Å². The quantitative estimate of drug-likeness (QED) is 0.585. The van der Waals surface area contributed by atoms with Gasteiger partial charge in [-0.05, 0) is 24.1 Å². The highest BCUT2D eigenvalue weighted by atomic mass is 16.1. The Hall–Kier alpha value is -1.44. The van der Waals surface area contributed by atoms with E-state index >= 15 is 0 Å². The summed E-state index contributed by atoms with van der Waals surface area (Å²) in [5, 5.41) is 0. The van der Waals surface area contributed by atoms with Gasteiger partial charge in [0, 0.05) is 6.92 Å². The number of hydrogen-bond donors (Lipinski definition) is 0. The van der Waals surface area contributed by atoms with Crippen LogP contribution in [-0.2, 0) is 6.42 Å². The van der Waals surface area contributed by atoms with Crippen molar-refractivity contribution in [1.29, 1.82) is 0 Å². The highest BCUT2D eigenvalue weighted by Gasteiger charge is 2.08. The fourth-order valence-corrected chi connectivity index (χ4v) is 1.31. The highest BCUT2D eigenvalue weighted by Crippen LogP contribution is 2.17. The molecule has 0 spiro atoms. The molecule has 0 aromatic carbocycles. The molecule has 0 saturated heterocycles. The number of Topliss-reactive ketones (excluding diaryl/α,β-unsaturated/α-hetero) is 1. The molecule has 2 nitrogen and oxygen atoms in total. The standard InChI is InChI=1S/C10H9NO/c1-7(12)9-6-5-8-3-2-4-10(8)11-9/h2,4-6H,3H2,1H3. The minimum Gasteiger partial charge on any atom is -0.293 e. The molecule has 0 bridgehead atoms. The third-order valence-corrected chi connectivity index (χ3v) is 1.99. The zero-order valence-corrected chi connectivity index (χ0v) is 6.87. The van der Waals surface area contributed by atoms with Gasteiger partial charge >= 0.3 is 0 Å². The lowest BCUT2D eigenvalue weighted by molar-refractivity contribution is 0.101. The lowest BCUT2D eigenvalue weighted by Crippen LogP contribution is -1.98. The first-order chi connectivity index (χ1) is 5.77. The molecule has 0 unspecified atom stereocenters. The van der Waals surface area contributed by atoms with E-state index in [0.717, 1.165) is 12.1 Å². The molecule has 2 heteroatoms. The highest BCUT2D eigenvalue weighted by molar-refractivity contribution is 5.92. The van der Waals surface area contributed by atoms with Crippen molar-refractivity contribution < 1.29 is 4.79 Å². The van der Waals surface area contributed by atoms with Gasteiger partial charge in [-0.1, -0.05) is 12.1 Å². The molecule has 12 heavy (non-hydrogen) atoms. The summed E-state index contributed by atoms with van der Waals surface area (Å²) in [6.45, 7) is 1.54. The molecule has 0 saturated carbocycles. The number of nitrogens with zero attached hydrogens (tertiary/aromatic N) is 1. The molecule has 2 rings (SSSR count). The van der Waals surface area contributed by atoms with Gasteiger partial charge in [0.25, 0.3) is 0 Å². The van der Waals surface area contributed by atoms with Crippen molar-refractivity contribution in [2.45, 2.75) is 13.3 Å². The molecular formula is C10H9NO. The Labute approximate surface area is 70.9 Å². The molecule has 0 amide bonds. The first kappa shape index (κ1) is 7.22. The van der Waals surface area contributed by atoms with Crippen LogP contribution in [0.15, 0.2) is 18.2 Å². The smallest absolute Gasteiger partial charge is 0.178 e. The average molecular weight is 159 g/mol. The summed E-state index contributed by atoms with van der Waals surface area (Å²) in [6.07, 6.45) is 4.96. The lowest BCUT2D eigenvalue weighted by Gasteiger charge is -1.99. The molecule has 1 aromatic rings. The fraction of sp³-hybridized carbons (Fsp3) is 0.200. The maximum Gasteiger partial charge on any atom is 0.178 e. The molecule has 0 N–H and O–H groups in total. The third-order valence-electron chi connectivity index (χ3n) is 1.99. The number of allylic oxidation sites excluding steroid dienone is 1. The second-order valence-corrected chi connectivity index (χ2v) is 2.90. The fourth-order valence-electron chi connectivity index (χ4n) is 1.31. The van der Waals surface area contributed by atoms with Crippen molar-refractivity contribution in [3.8, 4) is 0 Å². The van der Waals surface area contributed by atoms with Crippen molar-refractivity contribution in [3.63, 3.8) is 0 Å². The molecule has 0 radical (unpaired) electrons. The van der Waals surface area contributed by atoms with Crippen molar-refractivity contribution in [1.82, 2.24) is 4.98 Å². The van der Waals surface area contributed by atoms with E-state index in [4.69, 9.17) is 0 Å². The van der Waals surface area contributed by atoms with E-state index in [0.29, 0.717) is 5.69 Å². The number of pyridine rings is 1. The largest absolute Gasteiger partial charge is 0.293 e. The van der Waals surface area contributed by atoms with Gasteiger partial charge in [-0.15, -0.1) is 0 Å². The monoisotopic (exact) mass is 159 g/mol. The summed E-state index contributed by atoms with van der Waals surface area (Å²) in [7, 11) is 0. The molecule has 0 fully saturated rings. The van der Waals surface area contributed by atoms with Gasteiger partial charge in [-0.3, -0.25) is 4.79 Å². The predicted molar refractivity (Wildman–Crippen MR) is 47.0 cm³/mol. The topological polar surface area (TPSA) is 30.0 Å². The van der Waals surface area contributed by atoms with Crippen LogP contribution in [0, 0.1) is 0 Å². The number of carbonyl (C=O) groups excluding carboxylic acids is 1. The zero-order chi connectivity index (χ0) is 8.55. The lowest BCUT2D eigenvalue weighted by atomic mass is 10.2. The number of carbonyl (C=O) groups is 1. The molecule has 0 atom stereocenters. The Morgan fingerprint density at radius 2 is 2.33 bits per heavy atom. The van der Waals surface area contributed by atoms with Gasteiger partial charge in [0.2, 0.25) is 0 Å². The van der Waals surface area contributed by atoms with E-state index in [2.05, 4.69) is 11.1 Å².